The lowest BCUT2D eigenvalue weighted by Crippen LogP contribution is -2.39. The van der Waals surface area contributed by atoms with E-state index in [2.05, 4.69) is 22.3 Å². The second kappa shape index (κ2) is 18.1. The number of benzene rings is 1. The van der Waals surface area contributed by atoms with Crippen LogP contribution in [-0.2, 0) is 20.7 Å². The smallest absolute Gasteiger partial charge is 0.223 e. The van der Waals surface area contributed by atoms with Gasteiger partial charge in [0.25, 0.3) is 0 Å². The fourth-order valence-electron chi connectivity index (χ4n) is 4.84. The van der Waals surface area contributed by atoms with Crippen LogP contribution >= 0.6 is 0 Å². The van der Waals surface area contributed by atoms with Crippen LogP contribution in [0.5, 0.6) is 5.75 Å². The first-order valence-corrected chi connectivity index (χ1v) is 13.9. The van der Waals surface area contributed by atoms with Gasteiger partial charge in [-0.05, 0) is 65.8 Å². The lowest BCUT2D eigenvalue weighted by molar-refractivity contribution is -0.127. The summed E-state index contributed by atoms with van der Waals surface area (Å²) < 4.78 is 16.2. The number of nitrogens with zero attached hydrogens (tertiary/aromatic N) is 3. The molecule has 1 amide bonds. The molecule has 10 nitrogen and oxygen atoms in total. The van der Waals surface area contributed by atoms with Gasteiger partial charge in [-0.15, -0.1) is 0 Å². The van der Waals surface area contributed by atoms with Crippen molar-refractivity contribution in [2.45, 2.75) is 91.3 Å². The quantitative estimate of drug-likeness (QED) is 0.0712. The van der Waals surface area contributed by atoms with E-state index in [4.69, 9.17) is 14.2 Å². The van der Waals surface area contributed by atoms with Crippen molar-refractivity contribution in [3.8, 4) is 5.75 Å². The summed E-state index contributed by atoms with van der Waals surface area (Å²) in [6, 6.07) is 4.69. The summed E-state index contributed by atoms with van der Waals surface area (Å²) in [6.45, 7) is 10.5. The van der Waals surface area contributed by atoms with E-state index in [-0.39, 0.29) is 36.5 Å². The Hall–Kier alpha value is -2.36. The van der Waals surface area contributed by atoms with E-state index >= 15 is 0 Å². The van der Waals surface area contributed by atoms with E-state index in [1.807, 2.05) is 39.8 Å². The predicted molar refractivity (Wildman–Crippen MR) is 152 cm³/mol. The molecule has 1 unspecified atom stereocenters. The second-order valence-electron chi connectivity index (χ2n) is 10.8. The van der Waals surface area contributed by atoms with E-state index in [1.165, 1.54) is 0 Å². The molecule has 0 spiro atoms. The van der Waals surface area contributed by atoms with Crippen molar-refractivity contribution in [2.24, 2.45) is 28.8 Å². The van der Waals surface area contributed by atoms with Crippen molar-refractivity contribution in [1.82, 2.24) is 5.32 Å². The average Bonchev–Trinajstić information content (AvgIpc) is 2.91. The summed E-state index contributed by atoms with van der Waals surface area (Å²) in [7, 11) is 4.71. The van der Waals surface area contributed by atoms with Crippen LogP contribution in [0.4, 0.5) is 0 Å². The number of hydrogen-bond donors (Lipinski definition) is 3. The molecule has 0 aromatic heterocycles. The molecule has 0 aliphatic rings. The molecule has 39 heavy (non-hydrogen) atoms. The third kappa shape index (κ3) is 11.0. The molecule has 0 radical (unpaired) electrons. The lowest BCUT2D eigenvalue weighted by Gasteiger charge is -2.32. The number of amides is 1. The van der Waals surface area contributed by atoms with Crippen LogP contribution < -0.4 is 10.1 Å². The third-order valence-electron chi connectivity index (χ3n) is 7.44. The number of rotatable bonds is 19. The van der Waals surface area contributed by atoms with Gasteiger partial charge in [0.05, 0.1) is 25.4 Å². The number of methoxy groups -OCH3 is 3. The molecule has 0 aliphatic carbocycles. The number of hydrogen-bond acceptors (Lipinski definition) is 7. The molecular formula is C29H50N4O6. The fraction of sp³-hybridized carbons (Fsp3) is 0.759. The Morgan fingerprint density at radius 2 is 1.74 bits per heavy atom. The van der Waals surface area contributed by atoms with Crippen molar-refractivity contribution >= 4 is 5.91 Å². The molecule has 0 heterocycles. The number of nitrogens with one attached hydrogen (secondary N) is 1. The molecule has 1 rings (SSSR count). The van der Waals surface area contributed by atoms with Gasteiger partial charge < -0.3 is 29.7 Å². The molecule has 5 atom stereocenters. The average molecular weight is 551 g/mol. The highest BCUT2D eigenvalue weighted by Crippen LogP contribution is 2.36. The minimum absolute atomic E-state index is 0.000208. The first-order valence-electron chi connectivity index (χ1n) is 13.9. The Morgan fingerprint density at radius 1 is 1.08 bits per heavy atom. The van der Waals surface area contributed by atoms with Gasteiger partial charge in [-0.1, -0.05) is 52.2 Å². The molecule has 0 bridgehead atoms. The van der Waals surface area contributed by atoms with Crippen molar-refractivity contribution in [2.75, 3.05) is 27.9 Å². The molecule has 222 valence electrons. The molecule has 0 saturated carbocycles. The molecule has 0 aliphatic heterocycles. The van der Waals surface area contributed by atoms with E-state index in [0.29, 0.717) is 24.3 Å². The minimum atomic E-state index is -1.03. The van der Waals surface area contributed by atoms with Gasteiger partial charge in [-0.3, -0.25) is 4.79 Å². The molecule has 3 N–H and O–H groups in total. The Bertz CT molecular complexity index is 902. The summed E-state index contributed by atoms with van der Waals surface area (Å²) in [6.07, 6.45) is 0.329. The van der Waals surface area contributed by atoms with Gasteiger partial charge in [0.15, 0.2) is 6.29 Å². The highest BCUT2D eigenvalue weighted by atomic mass is 16.7. The summed E-state index contributed by atoms with van der Waals surface area (Å²) in [4.78, 5) is 15.8. The van der Waals surface area contributed by atoms with E-state index < -0.39 is 30.5 Å². The number of azide groups is 1. The monoisotopic (exact) mass is 550 g/mol. The maximum absolute atomic E-state index is 12.8. The maximum Gasteiger partial charge on any atom is 0.223 e. The van der Waals surface area contributed by atoms with Gasteiger partial charge in [-0.25, -0.2) is 0 Å². The number of carbonyl (C=O) groups is 1. The zero-order valence-corrected chi connectivity index (χ0v) is 25.0. The molecule has 1 aromatic carbocycles. The largest absolute Gasteiger partial charge is 0.496 e. The summed E-state index contributed by atoms with van der Waals surface area (Å²) in [5, 5.41) is 29.5. The van der Waals surface area contributed by atoms with Crippen LogP contribution in [0.15, 0.2) is 23.3 Å². The van der Waals surface area contributed by atoms with Crippen LogP contribution in [0.2, 0.25) is 0 Å². The molecule has 0 fully saturated rings. The van der Waals surface area contributed by atoms with Crippen molar-refractivity contribution in [3.63, 3.8) is 0 Å². The van der Waals surface area contributed by atoms with Crippen molar-refractivity contribution in [3.05, 3.63) is 39.8 Å². The fourth-order valence-corrected chi connectivity index (χ4v) is 4.84. The normalized spacial score (nSPS) is 15.5. The van der Waals surface area contributed by atoms with Crippen LogP contribution in [-0.4, -0.2) is 62.4 Å². The van der Waals surface area contributed by atoms with E-state index in [0.717, 1.165) is 18.4 Å². The summed E-state index contributed by atoms with van der Waals surface area (Å²) >= 11 is 0. The number of unbranched alkanes of at least 4 members (excludes halogenated alkanes) is 1. The second-order valence-corrected chi connectivity index (χ2v) is 10.8. The predicted octanol–water partition coefficient (Wildman–Crippen LogP) is 5.17. The topological polar surface area (TPSA) is 146 Å². The zero-order chi connectivity index (χ0) is 29.5. The number of aliphatic hydroxyl groups is 2. The first-order chi connectivity index (χ1) is 18.5. The molecule has 0 saturated heterocycles. The highest BCUT2D eigenvalue weighted by molar-refractivity contribution is 5.78. The SMILES string of the molecule is CCCCNC(=O)[C@@H](C[C@H](O)[C@H](C[C@@H](C(C)C)C(O)c1ccc(OC)c(CC(OC)OC)c1)N=[N+]=[N-])C(C)C. The summed E-state index contributed by atoms with van der Waals surface area (Å²) in [5.74, 6) is -0.181. The van der Waals surface area contributed by atoms with Crippen LogP contribution in [0, 0.1) is 23.7 Å². The first kappa shape index (κ1) is 34.7. The van der Waals surface area contributed by atoms with Gasteiger partial charge in [0, 0.05) is 38.0 Å². The Morgan fingerprint density at radius 3 is 2.26 bits per heavy atom. The maximum atomic E-state index is 12.8. The van der Waals surface area contributed by atoms with Crippen molar-refractivity contribution < 1.29 is 29.2 Å². The number of ether oxygens (including phenoxy) is 3. The van der Waals surface area contributed by atoms with Crippen molar-refractivity contribution in [1.29, 1.82) is 0 Å². The van der Waals surface area contributed by atoms with E-state index in [9.17, 15) is 20.5 Å². The zero-order valence-electron chi connectivity index (χ0n) is 25.0. The standard InChI is InChI=1S/C29H50N4O6/c1-9-10-13-31-29(36)23(19(4)5)17-25(34)24(32-33-30)16-22(18(2)3)28(35)20-11-12-26(37-6)21(14-20)15-27(38-7)39-8/h11-12,14,18-19,22-25,27-28,34-35H,9-10,13,15-17H2,1-8H3,(H,31,36)/t22-,23-,24-,25-,28?/m0/s1. The van der Waals surface area contributed by atoms with Crippen LogP contribution in [0.3, 0.4) is 0 Å². The van der Waals surface area contributed by atoms with Gasteiger partial charge in [0.1, 0.15) is 5.75 Å². The van der Waals surface area contributed by atoms with E-state index in [1.54, 1.807) is 27.4 Å². The molecular weight excluding hydrogens is 500 g/mol. The lowest BCUT2D eigenvalue weighted by atomic mass is 9.79. The van der Waals surface area contributed by atoms with Gasteiger partial charge >= 0.3 is 0 Å². The van der Waals surface area contributed by atoms with Crippen LogP contribution in [0.1, 0.15) is 77.5 Å². The third-order valence-corrected chi connectivity index (χ3v) is 7.44. The van der Waals surface area contributed by atoms with Gasteiger partial charge in [0.2, 0.25) is 5.91 Å². The van der Waals surface area contributed by atoms with Gasteiger partial charge in [-0.2, -0.15) is 0 Å². The highest BCUT2D eigenvalue weighted by Gasteiger charge is 2.33. The van der Waals surface area contributed by atoms with Crippen LogP contribution in [0.25, 0.3) is 10.4 Å². The minimum Gasteiger partial charge on any atom is -0.496 e. The Kier molecular flexibility index (Phi) is 16.1. The number of carbonyl (C=O) groups excluding carboxylic acids is 1. The Labute approximate surface area is 234 Å². The molecule has 1 aromatic rings. The Balaban J connectivity index is 3.18. The summed E-state index contributed by atoms with van der Waals surface area (Å²) in [5.41, 5.74) is 10.8. The number of aliphatic hydroxyl groups excluding tert-OH is 2. The molecule has 10 heteroatoms.